The van der Waals surface area contributed by atoms with Gasteiger partial charge in [0.25, 0.3) is 0 Å². The fourth-order valence-corrected chi connectivity index (χ4v) is 3.08. The number of benzene rings is 1. The fourth-order valence-electron chi connectivity index (χ4n) is 2.27. The summed E-state index contributed by atoms with van der Waals surface area (Å²) in [7, 11) is 1.62. The largest absolute Gasteiger partial charge is 0.495 e. The number of rotatable bonds is 5. The standard InChI is InChI=1S/C17H20N6OS/c1-9-5-6-13(24-4)12(7-9)22-15-14(18)16(20-8-19-15)23-17-21-10(2)11(3)25-17/h5-8H,18H2,1-4H3,(H2,19,20,21,22,23). The topological polar surface area (TPSA) is 98.0 Å². The van der Waals surface area contributed by atoms with Gasteiger partial charge in [-0.15, -0.1) is 11.3 Å². The smallest absolute Gasteiger partial charge is 0.188 e. The van der Waals surface area contributed by atoms with E-state index in [9.17, 15) is 0 Å². The maximum atomic E-state index is 6.24. The zero-order chi connectivity index (χ0) is 18.0. The molecule has 3 aromatic rings. The molecule has 3 rings (SSSR count). The summed E-state index contributed by atoms with van der Waals surface area (Å²) >= 11 is 1.56. The summed E-state index contributed by atoms with van der Waals surface area (Å²) in [6, 6.07) is 5.85. The molecule has 7 nitrogen and oxygen atoms in total. The van der Waals surface area contributed by atoms with Crippen molar-refractivity contribution in [3.63, 3.8) is 0 Å². The summed E-state index contributed by atoms with van der Waals surface area (Å²) in [6.07, 6.45) is 1.45. The van der Waals surface area contributed by atoms with Crippen LogP contribution in [0.1, 0.15) is 16.1 Å². The van der Waals surface area contributed by atoms with E-state index in [0.29, 0.717) is 23.1 Å². The van der Waals surface area contributed by atoms with Gasteiger partial charge in [-0.3, -0.25) is 0 Å². The van der Waals surface area contributed by atoms with Crippen LogP contribution in [0.15, 0.2) is 24.5 Å². The molecule has 0 aliphatic rings. The maximum Gasteiger partial charge on any atom is 0.188 e. The van der Waals surface area contributed by atoms with Gasteiger partial charge >= 0.3 is 0 Å². The molecule has 130 valence electrons. The lowest BCUT2D eigenvalue weighted by Gasteiger charge is -2.14. The van der Waals surface area contributed by atoms with Gasteiger partial charge in [0.15, 0.2) is 16.8 Å². The number of nitrogens with one attached hydrogen (secondary N) is 2. The summed E-state index contributed by atoms with van der Waals surface area (Å²) in [5.41, 5.74) is 9.53. The van der Waals surface area contributed by atoms with Crippen molar-refractivity contribution in [2.75, 3.05) is 23.5 Å². The molecule has 0 saturated carbocycles. The van der Waals surface area contributed by atoms with Crippen molar-refractivity contribution in [2.24, 2.45) is 0 Å². The van der Waals surface area contributed by atoms with E-state index in [1.807, 2.05) is 39.0 Å². The summed E-state index contributed by atoms with van der Waals surface area (Å²) in [5.74, 6) is 1.73. The zero-order valence-electron chi connectivity index (χ0n) is 14.5. The first-order chi connectivity index (χ1) is 12.0. The Kier molecular flexibility index (Phi) is 4.71. The highest BCUT2D eigenvalue weighted by atomic mass is 32.1. The van der Waals surface area contributed by atoms with E-state index in [1.165, 1.54) is 6.33 Å². The van der Waals surface area contributed by atoms with E-state index >= 15 is 0 Å². The van der Waals surface area contributed by atoms with Gasteiger partial charge in [-0.2, -0.15) is 0 Å². The van der Waals surface area contributed by atoms with Gasteiger partial charge in [0.2, 0.25) is 0 Å². The second-order valence-electron chi connectivity index (χ2n) is 5.60. The quantitative estimate of drug-likeness (QED) is 0.637. The molecule has 0 radical (unpaired) electrons. The molecule has 0 aliphatic carbocycles. The molecule has 8 heteroatoms. The lowest BCUT2D eigenvalue weighted by Crippen LogP contribution is -2.06. The molecule has 0 spiro atoms. The lowest BCUT2D eigenvalue weighted by molar-refractivity contribution is 0.416. The number of anilines is 5. The second-order valence-corrected chi connectivity index (χ2v) is 6.80. The van der Waals surface area contributed by atoms with Crippen LogP contribution in [0, 0.1) is 20.8 Å². The molecule has 0 unspecified atom stereocenters. The third-order valence-corrected chi connectivity index (χ3v) is 4.73. The average Bonchev–Trinajstić information content (AvgIpc) is 2.89. The zero-order valence-corrected chi connectivity index (χ0v) is 15.4. The average molecular weight is 356 g/mol. The van der Waals surface area contributed by atoms with Crippen LogP contribution in [0.3, 0.4) is 0 Å². The number of nitrogens with zero attached hydrogens (tertiary/aromatic N) is 3. The van der Waals surface area contributed by atoms with Crippen molar-refractivity contribution < 1.29 is 4.74 Å². The minimum absolute atomic E-state index is 0.413. The highest BCUT2D eigenvalue weighted by Crippen LogP contribution is 2.33. The number of hydrogen-bond donors (Lipinski definition) is 3. The monoisotopic (exact) mass is 356 g/mol. The first kappa shape index (κ1) is 17.0. The first-order valence-electron chi connectivity index (χ1n) is 7.71. The molecular weight excluding hydrogens is 336 g/mol. The molecule has 0 bridgehead atoms. The molecular formula is C17H20N6OS. The van der Waals surface area contributed by atoms with Crippen LogP contribution in [0.2, 0.25) is 0 Å². The highest BCUT2D eigenvalue weighted by Gasteiger charge is 2.13. The molecule has 0 atom stereocenters. The van der Waals surface area contributed by atoms with Crippen molar-refractivity contribution in [3.8, 4) is 5.75 Å². The molecule has 2 aromatic heterocycles. The number of aryl methyl sites for hydroxylation is 3. The van der Waals surface area contributed by atoms with Crippen LogP contribution in [0.25, 0.3) is 0 Å². The summed E-state index contributed by atoms with van der Waals surface area (Å²) in [5, 5.41) is 7.13. The van der Waals surface area contributed by atoms with Gasteiger partial charge < -0.3 is 21.1 Å². The molecule has 0 amide bonds. The predicted molar refractivity (Wildman–Crippen MR) is 102 cm³/mol. The minimum atomic E-state index is 0.413. The number of nitrogens with two attached hydrogens (primary N) is 1. The molecule has 0 saturated heterocycles. The molecule has 1 aromatic carbocycles. The number of ether oxygens (including phenoxy) is 1. The van der Waals surface area contributed by atoms with Gasteiger partial charge in [0.1, 0.15) is 17.8 Å². The maximum absolute atomic E-state index is 6.24. The number of methoxy groups -OCH3 is 1. The van der Waals surface area contributed by atoms with Gasteiger partial charge in [0.05, 0.1) is 18.5 Å². The number of nitrogen functional groups attached to an aromatic ring is 1. The van der Waals surface area contributed by atoms with Crippen LogP contribution in [0.4, 0.5) is 28.1 Å². The Labute approximate surface area is 150 Å². The van der Waals surface area contributed by atoms with Crippen molar-refractivity contribution in [1.29, 1.82) is 0 Å². The van der Waals surface area contributed by atoms with E-state index in [1.54, 1.807) is 18.4 Å². The van der Waals surface area contributed by atoms with Crippen LogP contribution >= 0.6 is 11.3 Å². The van der Waals surface area contributed by atoms with Crippen LogP contribution in [-0.4, -0.2) is 22.1 Å². The van der Waals surface area contributed by atoms with Gasteiger partial charge in [-0.25, -0.2) is 15.0 Å². The Morgan fingerprint density at radius 1 is 1.08 bits per heavy atom. The van der Waals surface area contributed by atoms with E-state index in [-0.39, 0.29) is 0 Å². The van der Waals surface area contributed by atoms with Crippen molar-refractivity contribution >= 4 is 39.5 Å². The van der Waals surface area contributed by atoms with Crippen molar-refractivity contribution in [3.05, 3.63) is 40.7 Å². The molecule has 0 aliphatic heterocycles. The van der Waals surface area contributed by atoms with Gasteiger partial charge in [0, 0.05) is 4.88 Å². The fraction of sp³-hybridized carbons (Fsp3) is 0.235. The van der Waals surface area contributed by atoms with E-state index in [2.05, 4.69) is 25.6 Å². The summed E-state index contributed by atoms with van der Waals surface area (Å²) in [6.45, 7) is 6.00. The Hall–Kier alpha value is -2.87. The van der Waals surface area contributed by atoms with E-state index < -0.39 is 0 Å². The molecule has 25 heavy (non-hydrogen) atoms. The van der Waals surface area contributed by atoms with E-state index in [4.69, 9.17) is 10.5 Å². The van der Waals surface area contributed by atoms with Crippen molar-refractivity contribution in [1.82, 2.24) is 15.0 Å². The van der Waals surface area contributed by atoms with E-state index in [0.717, 1.165) is 27.0 Å². The lowest BCUT2D eigenvalue weighted by atomic mass is 10.2. The first-order valence-corrected chi connectivity index (χ1v) is 8.52. The SMILES string of the molecule is COc1ccc(C)cc1Nc1ncnc(Nc2nc(C)c(C)s2)c1N. The molecule has 0 fully saturated rings. The summed E-state index contributed by atoms with van der Waals surface area (Å²) < 4.78 is 5.38. The Balaban J connectivity index is 1.90. The normalized spacial score (nSPS) is 10.6. The Morgan fingerprint density at radius 3 is 2.44 bits per heavy atom. The third-order valence-electron chi connectivity index (χ3n) is 3.75. The van der Waals surface area contributed by atoms with Gasteiger partial charge in [-0.05, 0) is 38.5 Å². The Bertz CT molecular complexity index is 889. The van der Waals surface area contributed by atoms with Crippen LogP contribution in [-0.2, 0) is 0 Å². The number of aromatic nitrogens is 3. The molecule has 2 heterocycles. The minimum Gasteiger partial charge on any atom is -0.495 e. The van der Waals surface area contributed by atoms with Gasteiger partial charge in [-0.1, -0.05) is 6.07 Å². The van der Waals surface area contributed by atoms with Crippen LogP contribution < -0.4 is 21.1 Å². The van der Waals surface area contributed by atoms with Crippen molar-refractivity contribution in [2.45, 2.75) is 20.8 Å². The highest BCUT2D eigenvalue weighted by molar-refractivity contribution is 7.15. The third kappa shape index (κ3) is 3.63. The number of hydrogen-bond acceptors (Lipinski definition) is 8. The second kappa shape index (κ2) is 6.94. The Morgan fingerprint density at radius 2 is 1.80 bits per heavy atom. The summed E-state index contributed by atoms with van der Waals surface area (Å²) in [4.78, 5) is 14.1. The molecule has 4 N–H and O–H groups in total. The van der Waals surface area contributed by atoms with Crippen LogP contribution in [0.5, 0.6) is 5.75 Å². The predicted octanol–water partition coefficient (Wildman–Crippen LogP) is 3.94. The number of thiazole rings is 1.